The standard InChI is InChI=1S/C12H24N2O2/c1-2-3-8-11(13)12(16)14-9-6-4-5-7-10-15/h10-11H,2-9,13H2,1H3,(H,14,16)/t11-/m1/s1. The highest BCUT2D eigenvalue weighted by atomic mass is 16.2. The van der Waals surface area contributed by atoms with Gasteiger partial charge in [0.25, 0.3) is 0 Å². The van der Waals surface area contributed by atoms with Gasteiger partial charge in [0, 0.05) is 13.0 Å². The number of hydrogen-bond acceptors (Lipinski definition) is 3. The van der Waals surface area contributed by atoms with Crippen molar-refractivity contribution >= 4 is 12.2 Å². The molecule has 3 N–H and O–H groups in total. The molecule has 0 saturated carbocycles. The van der Waals surface area contributed by atoms with E-state index in [1.54, 1.807) is 0 Å². The van der Waals surface area contributed by atoms with Gasteiger partial charge in [-0.1, -0.05) is 26.2 Å². The van der Waals surface area contributed by atoms with Gasteiger partial charge in [-0.3, -0.25) is 4.79 Å². The van der Waals surface area contributed by atoms with Crippen LogP contribution in [-0.4, -0.2) is 24.8 Å². The summed E-state index contributed by atoms with van der Waals surface area (Å²) >= 11 is 0. The molecule has 0 saturated heterocycles. The van der Waals surface area contributed by atoms with E-state index < -0.39 is 0 Å². The SMILES string of the molecule is CCCC[C@@H](N)C(=O)NCCCCCC=O. The van der Waals surface area contributed by atoms with Crippen molar-refractivity contribution in [2.75, 3.05) is 6.54 Å². The molecule has 16 heavy (non-hydrogen) atoms. The largest absolute Gasteiger partial charge is 0.355 e. The first-order valence-corrected chi connectivity index (χ1v) is 6.19. The number of amides is 1. The van der Waals surface area contributed by atoms with Crippen LogP contribution in [-0.2, 0) is 9.59 Å². The third-order valence-corrected chi connectivity index (χ3v) is 2.50. The molecular weight excluding hydrogens is 204 g/mol. The summed E-state index contributed by atoms with van der Waals surface area (Å²) in [5.74, 6) is -0.0520. The molecule has 0 aromatic rings. The maximum atomic E-state index is 11.4. The van der Waals surface area contributed by atoms with Crippen LogP contribution in [0.1, 0.15) is 51.9 Å². The average Bonchev–Trinajstić information content (AvgIpc) is 2.30. The Balaban J connectivity index is 3.38. The first-order valence-electron chi connectivity index (χ1n) is 6.19. The second kappa shape index (κ2) is 10.6. The molecule has 4 heteroatoms. The van der Waals surface area contributed by atoms with Gasteiger partial charge in [-0.25, -0.2) is 0 Å². The minimum atomic E-state index is -0.366. The van der Waals surface area contributed by atoms with Crippen molar-refractivity contribution in [1.82, 2.24) is 5.32 Å². The molecule has 0 heterocycles. The summed E-state index contributed by atoms with van der Waals surface area (Å²) in [5, 5.41) is 2.82. The van der Waals surface area contributed by atoms with Crippen LogP contribution in [0.4, 0.5) is 0 Å². The van der Waals surface area contributed by atoms with Crippen LogP contribution in [0.15, 0.2) is 0 Å². The van der Waals surface area contributed by atoms with Gasteiger partial charge in [-0.15, -0.1) is 0 Å². The molecule has 0 rings (SSSR count). The van der Waals surface area contributed by atoms with Crippen LogP contribution in [0.5, 0.6) is 0 Å². The van der Waals surface area contributed by atoms with E-state index in [0.717, 1.165) is 44.8 Å². The first kappa shape index (κ1) is 15.1. The summed E-state index contributed by atoms with van der Waals surface area (Å²) in [6, 6.07) is -0.366. The van der Waals surface area contributed by atoms with Crippen molar-refractivity contribution in [3.63, 3.8) is 0 Å². The normalized spacial score (nSPS) is 12.1. The predicted octanol–water partition coefficient (Wildman–Crippen LogP) is 1.38. The molecule has 0 spiro atoms. The van der Waals surface area contributed by atoms with Crippen LogP contribution in [0.2, 0.25) is 0 Å². The molecule has 4 nitrogen and oxygen atoms in total. The average molecular weight is 228 g/mol. The Labute approximate surface area is 98.0 Å². The molecule has 0 unspecified atom stereocenters. The van der Waals surface area contributed by atoms with Crippen molar-refractivity contribution in [3.8, 4) is 0 Å². The highest BCUT2D eigenvalue weighted by molar-refractivity contribution is 5.81. The third kappa shape index (κ3) is 8.41. The van der Waals surface area contributed by atoms with Crippen LogP contribution in [0.3, 0.4) is 0 Å². The number of carbonyl (C=O) groups excluding carboxylic acids is 2. The number of rotatable bonds is 10. The lowest BCUT2D eigenvalue weighted by Crippen LogP contribution is -2.40. The number of aldehydes is 1. The van der Waals surface area contributed by atoms with Gasteiger partial charge in [-0.05, 0) is 19.3 Å². The van der Waals surface area contributed by atoms with Crippen molar-refractivity contribution in [2.24, 2.45) is 5.73 Å². The maximum Gasteiger partial charge on any atom is 0.236 e. The first-order chi connectivity index (χ1) is 7.72. The number of carbonyl (C=O) groups is 2. The zero-order valence-corrected chi connectivity index (χ0v) is 10.2. The molecule has 0 fully saturated rings. The van der Waals surface area contributed by atoms with Gasteiger partial charge in [0.2, 0.25) is 5.91 Å². The zero-order valence-electron chi connectivity index (χ0n) is 10.2. The van der Waals surface area contributed by atoms with E-state index in [2.05, 4.69) is 12.2 Å². The smallest absolute Gasteiger partial charge is 0.236 e. The van der Waals surface area contributed by atoms with Crippen molar-refractivity contribution in [1.29, 1.82) is 0 Å². The molecule has 0 bridgehead atoms. The van der Waals surface area contributed by atoms with Gasteiger partial charge >= 0.3 is 0 Å². The fourth-order valence-corrected chi connectivity index (χ4v) is 1.43. The highest BCUT2D eigenvalue weighted by Crippen LogP contribution is 1.99. The summed E-state index contributed by atoms with van der Waals surface area (Å²) in [4.78, 5) is 21.5. The molecule has 0 aromatic carbocycles. The Bertz CT molecular complexity index is 195. The van der Waals surface area contributed by atoms with E-state index in [0.29, 0.717) is 13.0 Å². The van der Waals surface area contributed by atoms with Crippen molar-refractivity contribution in [3.05, 3.63) is 0 Å². The lowest BCUT2D eigenvalue weighted by atomic mass is 10.1. The fourth-order valence-electron chi connectivity index (χ4n) is 1.43. The Hall–Kier alpha value is -0.900. The van der Waals surface area contributed by atoms with Gasteiger partial charge in [-0.2, -0.15) is 0 Å². The summed E-state index contributed by atoms with van der Waals surface area (Å²) in [6.45, 7) is 2.75. The topological polar surface area (TPSA) is 72.2 Å². The lowest BCUT2D eigenvalue weighted by Gasteiger charge is -2.11. The molecule has 0 radical (unpaired) electrons. The number of nitrogens with two attached hydrogens (primary N) is 1. The van der Waals surface area contributed by atoms with E-state index in [9.17, 15) is 9.59 Å². The van der Waals surface area contributed by atoms with Crippen LogP contribution in [0, 0.1) is 0 Å². The Morgan fingerprint density at radius 2 is 2.06 bits per heavy atom. The molecule has 0 aromatic heterocycles. The van der Waals surface area contributed by atoms with Gasteiger partial charge < -0.3 is 15.8 Å². The van der Waals surface area contributed by atoms with E-state index >= 15 is 0 Å². The van der Waals surface area contributed by atoms with Crippen molar-refractivity contribution < 1.29 is 9.59 Å². The second-order valence-electron chi connectivity index (χ2n) is 4.06. The van der Waals surface area contributed by atoms with Gasteiger partial charge in [0.1, 0.15) is 6.29 Å². The molecule has 94 valence electrons. The van der Waals surface area contributed by atoms with Crippen LogP contribution >= 0.6 is 0 Å². The maximum absolute atomic E-state index is 11.4. The molecule has 0 aliphatic heterocycles. The summed E-state index contributed by atoms with van der Waals surface area (Å²) < 4.78 is 0. The predicted molar refractivity (Wildman–Crippen MR) is 65.0 cm³/mol. The minimum Gasteiger partial charge on any atom is -0.355 e. The van der Waals surface area contributed by atoms with E-state index in [4.69, 9.17) is 5.73 Å². The van der Waals surface area contributed by atoms with Crippen LogP contribution < -0.4 is 11.1 Å². The number of nitrogens with one attached hydrogen (secondary N) is 1. The number of unbranched alkanes of at least 4 members (excludes halogenated alkanes) is 4. The van der Waals surface area contributed by atoms with E-state index in [1.165, 1.54) is 0 Å². The Morgan fingerprint density at radius 3 is 2.69 bits per heavy atom. The van der Waals surface area contributed by atoms with Gasteiger partial charge in [0.15, 0.2) is 0 Å². The number of hydrogen-bond donors (Lipinski definition) is 2. The lowest BCUT2D eigenvalue weighted by molar-refractivity contribution is -0.122. The Kier molecular flexibility index (Phi) is 10.0. The third-order valence-electron chi connectivity index (χ3n) is 2.50. The fraction of sp³-hybridized carbons (Fsp3) is 0.833. The van der Waals surface area contributed by atoms with Crippen molar-refractivity contribution in [2.45, 2.75) is 57.9 Å². The quantitative estimate of drug-likeness (QED) is 0.438. The molecule has 1 amide bonds. The Morgan fingerprint density at radius 1 is 1.31 bits per heavy atom. The molecule has 0 aliphatic rings. The molecule has 1 atom stereocenters. The van der Waals surface area contributed by atoms with E-state index in [-0.39, 0.29) is 11.9 Å². The second-order valence-corrected chi connectivity index (χ2v) is 4.06. The van der Waals surface area contributed by atoms with Crippen LogP contribution in [0.25, 0.3) is 0 Å². The summed E-state index contributed by atoms with van der Waals surface area (Å²) in [6.07, 6.45) is 7.15. The highest BCUT2D eigenvalue weighted by Gasteiger charge is 2.11. The molecule has 0 aliphatic carbocycles. The van der Waals surface area contributed by atoms with E-state index in [1.807, 2.05) is 0 Å². The minimum absolute atomic E-state index is 0.0520. The molecular formula is C12H24N2O2. The van der Waals surface area contributed by atoms with Gasteiger partial charge in [0.05, 0.1) is 6.04 Å². The monoisotopic (exact) mass is 228 g/mol. The zero-order chi connectivity index (χ0) is 12.2. The summed E-state index contributed by atoms with van der Waals surface area (Å²) in [5.41, 5.74) is 5.71. The summed E-state index contributed by atoms with van der Waals surface area (Å²) in [7, 11) is 0.